The molecule has 0 aliphatic rings. The number of rotatable bonds is 34. The van der Waals surface area contributed by atoms with Crippen molar-refractivity contribution in [2.24, 2.45) is 5.73 Å². The molecule has 15 nitrogen and oxygen atoms in total. The van der Waals surface area contributed by atoms with Crippen LogP contribution in [0.2, 0.25) is 0 Å². The molecule has 0 aliphatic heterocycles. The van der Waals surface area contributed by atoms with Crippen LogP contribution in [0.5, 0.6) is 0 Å². The molecule has 0 fully saturated rings. The van der Waals surface area contributed by atoms with Gasteiger partial charge in [-0.2, -0.15) is 0 Å². The van der Waals surface area contributed by atoms with Gasteiger partial charge in [0.05, 0.1) is 0 Å². The Labute approximate surface area is 536 Å². The number of aryl methyl sites for hydroxylation is 6. The quantitative estimate of drug-likeness (QED) is 0.0256. The Kier molecular flexibility index (Phi) is 34.5. The van der Waals surface area contributed by atoms with E-state index < -0.39 is 48.4 Å². The first-order valence-corrected chi connectivity index (χ1v) is 32.1. The van der Waals surface area contributed by atoms with Crippen molar-refractivity contribution in [2.45, 2.75) is 186 Å². The van der Waals surface area contributed by atoms with Crippen molar-refractivity contribution < 1.29 is 48.5 Å². The molecule has 0 bridgehead atoms. The number of hydrogen-bond donors (Lipinski definition) is 5. The highest BCUT2D eigenvalue weighted by molar-refractivity contribution is 5.87. The summed E-state index contributed by atoms with van der Waals surface area (Å²) in [4.78, 5) is 74.9. The van der Waals surface area contributed by atoms with Crippen LogP contribution >= 0.6 is 0 Å². The molecule has 0 radical (unpaired) electrons. The second-order valence-electron chi connectivity index (χ2n) is 25.0. The summed E-state index contributed by atoms with van der Waals surface area (Å²) in [6.07, 6.45) is 16.0. The van der Waals surface area contributed by atoms with Crippen molar-refractivity contribution in [3.63, 3.8) is 0 Å². The Hall–Kier alpha value is -8.30. The Bertz CT molecular complexity index is 2680. The van der Waals surface area contributed by atoms with Crippen molar-refractivity contribution in [1.82, 2.24) is 20.4 Å². The van der Waals surface area contributed by atoms with Gasteiger partial charge in [-0.1, -0.05) is 182 Å². The summed E-state index contributed by atoms with van der Waals surface area (Å²) in [6, 6.07) is 63.1. The summed E-state index contributed by atoms with van der Waals surface area (Å²) in [5.41, 5.74) is 12.5. The van der Waals surface area contributed by atoms with Crippen LogP contribution in [0.15, 0.2) is 182 Å². The van der Waals surface area contributed by atoms with Crippen LogP contribution in [-0.4, -0.2) is 111 Å². The maximum absolute atomic E-state index is 13.7. The third-order valence-electron chi connectivity index (χ3n) is 14.6. The number of carbonyl (C=O) groups is 6. The van der Waals surface area contributed by atoms with E-state index in [1.54, 1.807) is 41.5 Å². The van der Waals surface area contributed by atoms with Gasteiger partial charge in [0.25, 0.3) is 0 Å². The number of ether oxygens (including phenoxy) is 2. The fourth-order valence-electron chi connectivity index (χ4n) is 10.2. The number of hydrogen-bond acceptors (Lipinski definition) is 9. The van der Waals surface area contributed by atoms with Crippen molar-refractivity contribution >= 4 is 35.9 Å². The standard InChI is InChI=1S/C47H61N3O4.C19H25N.C9H15NO6/c1-47(2,3)54-46(53)50(36-44(51)48-42(32-16-28-38-20-8-4-9-21-38)33-17-29-39-22-10-5-11-23-39)37-45(52)49-43(34-18-30-40-24-12-6-13-25-40)35-19-31-41-26-14-7-15-27-41;20-19(15-7-13-17-9-3-1-4-10-17)16-8-14-18-11-5-2-6-12-18;1-9(2,3)16-8(15)10(4-6(11)12)5-7(13)14/h4-15,20-27,42-43H,16-19,28-37H2,1-3H3,(H,48,51)(H,49,52);1-6,9-12,19H,7-8,13-16,20H2;4-5H2,1-3H3,(H,11,12)(H,13,14). The SMILES string of the molecule is CC(C)(C)OC(=O)N(CC(=O)NC(CCCc1ccccc1)CCCc1ccccc1)CC(=O)NC(CCCc1ccccc1)CCCc1ccccc1.CC(C)(C)OC(=O)N(CC(=O)O)CC(=O)O.NC(CCCc1ccccc1)CCCc1ccccc1. The highest BCUT2D eigenvalue weighted by Gasteiger charge is 2.28. The first-order valence-electron chi connectivity index (χ1n) is 32.1. The number of nitrogens with two attached hydrogens (primary N) is 1. The van der Waals surface area contributed by atoms with Crippen LogP contribution in [0.1, 0.15) is 152 Å². The average Bonchev–Trinajstić information content (AvgIpc) is 3.48. The Morgan fingerprint density at radius 2 is 0.578 bits per heavy atom. The van der Waals surface area contributed by atoms with E-state index in [4.69, 9.17) is 25.4 Å². The molecule has 0 aliphatic carbocycles. The summed E-state index contributed by atoms with van der Waals surface area (Å²) in [7, 11) is 0. The smallest absolute Gasteiger partial charge is 0.411 e. The molecule has 0 spiro atoms. The van der Waals surface area contributed by atoms with Gasteiger partial charge in [0.1, 0.15) is 37.4 Å². The van der Waals surface area contributed by atoms with E-state index in [9.17, 15) is 28.8 Å². The Balaban J connectivity index is 0.000000388. The largest absolute Gasteiger partial charge is 0.480 e. The molecule has 0 atom stereocenters. The molecule has 0 saturated carbocycles. The van der Waals surface area contributed by atoms with E-state index in [1.807, 2.05) is 72.8 Å². The minimum atomic E-state index is -1.30. The maximum Gasteiger partial charge on any atom is 0.411 e. The van der Waals surface area contributed by atoms with Gasteiger partial charge in [-0.3, -0.25) is 29.0 Å². The van der Waals surface area contributed by atoms with Crippen molar-refractivity contribution in [1.29, 1.82) is 0 Å². The van der Waals surface area contributed by atoms with Crippen LogP contribution < -0.4 is 16.4 Å². The molecule has 6 rings (SSSR count). The lowest BCUT2D eigenvalue weighted by Gasteiger charge is -2.28. The normalized spacial score (nSPS) is 11.1. The van der Waals surface area contributed by atoms with Crippen molar-refractivity contribution in [3.05, 3.63) is 215 Å². The van der Waals surface area contributed by atoms with Gasteiger partial charge in [0.2, 0.25) is 11.8 Å². The zero-order valence-electron chi connectivity index (χ0n) is 54.2. The van der Waals surface area contributed by atoms with E-state index in [1.165, 1.54) is 51.1 Å². The summed E-state index contributed by atoms with van der Waals surface area (Å²) in [5.74, 6) is -3.18. The highest BCUT2D eigenvalue weighted by Crippen LogP contribution is 2.18. The predicted molar refractivity (Wildman–Crippen MR) is 359 cm³/mol. The van der Waals surface area contributed by atoms with Gasteiger partial charge in [-0.05, 0) is 190 Å². The zero-order valence-corrected chi connectivity index (χ0v) is 54.2. The maximum atomic E-state index is 13.7. The molecule has 0 aromatic heterocycles. The summed E-state index contributed by atoms with van der Waals surface area (Å²) in [5, 5.41) is 23.4. The molecule has 0 unspecified atom stereocenters. The van der Waals surface area contributed by atoms with Gasteiger partial charge in [-0.15, -0.1) is 0 Å². The van der Waals surface area contributed by atoms with Gasteiger partial charge in [0.15, 0.2) is 0 Å². The number of nitrogens with zero attached hydrogens (tertiary/aromatic N) is 2. The number of benzene rings is 6. The Morgan fingerprint density at radius 3 is 0.789 bits per heavy atom. The third kappa shape index (κ3) is 35.6. The van der Waals surface area contributed by atoms with Crippen LogP contribution in [-0.2, 0) is 67.2 Å². The van der Waals surface area contributed by atoms with Gasteiger partial charge >= 0.3 is 24.1 Å². The summed E-state index contributed by atoms with van der Waals surface area (Å²) >= 11 is 0. The predicted octanol–water partition coefficient (Wildman–Crippen LogP) is 14.0. The molecule has 90 heavy (non-hydrogen) atoms. The molecular weight excluding hydrogens is 1130 g/mol. The van der Waals surface area contributed by atoms with E-state index in [-0.39, 0.29) is 37.0 Å². The number of carboxylic acids is 2. The van der Waals surface area contributed by atoms with E-state index in [0.717, 1.165) is 103 Å². The molecule has 486 valence electrons. The molecule has 6 aromatic rings. The minimum absolute atomic E-state index is 0.0575. The van der Waals surface area contributed by atoms with E-state index in [2.05, 4.69) is 120 Å². The van der Waals surface area contributed by atoms with Crippen LogP contribution in [0.4, 0.5) is 9.59 Å². The fraction of sp³-hybridized carbons (Fsp3) is 0.440. The lowest BCUT2D eigenvalue weighted by Crippen LogP contribution is -2.50. The monoisotopic (exact) mass is 1230 g/mol. The topological polar surface area (TPSA) is 218 Å². The number of carboxylic acid groups (broad SMARTS) is 2. The summed E-state index contributed by atoms with van der Waals surface area (Å²) < 4.78 is 10.6. The second-order valence-corrected chi connectivity index (χ2v) is 25.0. The molecule has 4 amide bonds. The molecule has 15 heteroatoms. The van der Waals surface area contributed by atoms with E-state index >= 15 is 0 Å². The number of carbonyl (C=O) groups excluding carboxylic acids is 4. The number of aliphatic carboxylic acids is 2. The van der Waals surface area contributed by atoms with Gasteiger partial charge in [0, 0.05) is 18.1 Å². The molecule has 6 N–H and O–H groups in total. The van der Waals surface area contributed by atoms with E-state index in [0.29, 0.717) is 10.9 Å². The highest BCUT2D eigenvalue weighted by atomic mass is 16.6. The number of nitrogens with one attached hydrogen (secondary N) is 2. The molecule has 0 heterocycles. The first kappa shape index (κ1) is 74.2. The minimum Gasteiger partial charge on any atom is -0.480 e. The fourth-order valence-corrected chi connectivity index (χ4v) is 10.2. The van der Waals surface area contributed by atoms with Gasteiger partial charge < -0.3 is 36.1 Å². The zero-order chi connectivity index (χ0) is 65.4. The van der Waals surface area contributed by atoms with Crippen molar-refractivity contribution in [3.8, 4) is 0 Å². The van der Waals surface area contributed by atoms with Crippen LogP contribution in [0.25, 0.3) is 0 Å². The third-order valence-corrected chi connectivity index (χ3v) is 14.6. The lowest BCUT2D eigenvalue weighted by molar-refractivity contribution is -0.141. The van der Waals surface area contributed by atoms with Crippen LogP contribution in [0.3, 0.4) is 0 Å². The van der Waals surface area contributed by atoms with Crippen molar-refractivity contribution in [2.75, 3.05) is 26.2 Å². The Morgan fingerprint density at radius 1 is 0.367 bits per heavy atom. The number of amides is 4. The van der Waals surface area contributed by atoms with Crippen LogP contribution in [0, 0.1) is 0 Å². The average molecular weight is 1230 g/mol. The lowest BCUT2D eigenvalue weighted by atomic mass is 9.99. The molecule has 0 saturated heterocycles. The molecular formula is C75H101N5O10. The van der Waals surface area contributed by atoms with Gasteiger partial charge in [-0.25, -0.2) is 9.59 Å². The second kappa shape index (κ2) is 41.8. The summed E-state index contributed by atoms with van der Waals surface area (Å²) in [6.45, 7) is 8.23. The molecule has 6 aromatic carbocycles. The first-order chi connectivity index (χ1) is 43.1.